The quantitative estimate of drug-likeness (QED) is 0.649. The van der Waals surface area contributed by atoms with E-state index in [1.165, 1.54) is 29.3 Å². The van der Waals surface area contributed by atoms with E-state index in [4.69, 9.17) is 0 Å². The molecule has 0 saturated carbocycles. The van der Waals surface area contributed by atoms with Crippen LogP contribution in [0.4, 0.5) is 24.8 Å². The van der Waals surface area contributed by atoms with Gasteiger partial charge in [-0.2, -0.15) is 13.2 Å². The van der Waals surface area contributed by atoms with Gasteiger partial charge < -0.3 is 15.1 Å². The van der Waals surface area contributed by atoms with Gasteiger partial charge in [0, 0.05) is 38.6 Å². The molecule has 1 aliphatic heterocycles. The van der Waals surface area contributed by atoms with Crippen LogP contribution < -0.4 is 10.2 Å². The van der Waals surface area contributed by atoms with Crippen LogP contribution in [0.1, 0.15) is 26.3 Å². The van der Waals surface area contributed by atoms with Crippen LogP contribution in [0.25, 0.3) is 0 Å². The second kappa shape index (κ2) is 9.27. The highest BCUT2D eigenvalue weighted by atomic mass is 19.4. The van der Waals surface area contributed by atoms with Crippen molar-refractivity contribution in [3.63, 3.8) is 0 Å². The van der Waals surface area contributed by atoms with Crippen molar-refractivity contribution in [3.8, 4) is 0 Å². The van der Waals surface area contributed by atoms with Crippen molar-refractivity contribution in [2.75, 3.05) is 36.4 Å². The van der Waals surface area contributed by atoms with Gasteiger partial charge in [-0.3, -0.25) is 9.59 Å². The Kier molecular flexibility index (Phi) is 6.25. The highest BCUT2D eigenvalue weighted by molar-refractivity contribution is 6.03. The van der Waals surface area contributed by atoms with Gasteiger partial charge in [-0.15, -0.1) is 0 Å². The van der Waals surface area contributed by atoms with Crippen LogP contribution in [0, 0.1) is 0 Å². The zero-order chi connectivity index (χ0) is 23.4. The number of nitrogens with one attached hydrogen (secondary N) is 1. The Morgan fingerprint density at radius 1 is 0.879 bits per heavy atom. The van der Waals surface area contributed by atoms with Crippen LogP contribution in [-0.4, -0.2) is 52.9 Å². The van der Waals surface area contributed by atoms with E-state index in [1.54, 1.807) is 36.5 Å². The molecule has 0 atom stereocenters. The first kappa shape index (κ1) is 22.3. The Balaban J connectivity index is 1.37. The lowest BCUT2D eigenvalue weighted by molar-refractivity contribution is -0.138. The van der Waals surface area contributed by atoms with Crippen LogP contribution in [0.3, 0.4) is 0 Å². The number of hydrogen-bond donors (Lipinski definition) is 1. The summed E-state index contributed by atoms with van der Waals surface area (Å²) in [4.78, 5) is 36.7. The number of alkyl halides is 3. The Morgan fingerprint density at radius 3 is 2.24 bits per heavy atom. The van der Waals surface area contributed by atoms with Gasteiger partial charge in [-0.1, -0.05) is 18.2 Å². The third kappa shape index (κ3) is 5.11. The van der Waals surface area contributed by atoms with Crippen molar-refractivity contribution in [2.24, 2.45) is 0 Å². The largest absolute Gasteiger partial charge is 0.417 e. The van der Waals surface area contributed by atoms with E-state index in [0.717, 1.165) is 6.07 Å². The molecule has 0 aliphatic carbocycles. The molecule has 4 rings (SSSR count). The van der Waals surface area contributed by atoms with Gasteiger partial charge in [0.05, 0.1) is 16.7 Å². The van der Waals surface area contributed by atoms with E-state index in [9.17, 15) is 22.8 Å². The lowest BCUT2D eigenvalue weighted by Crippen LogP contribution is -2.49. The molecule has 3 aromatic rings. The summed E-state index contributed by atoms with van der Waals surface area (Å²) in [6.07, 6.45) is -1.57. The molecule has 1 aromatic carbocycles. The molecule has 2 aromatic heterocycles. The number of anilines is 2. The summed E-state index contributed by atoms with van der Waals surface area (Å²) in [5.41, 5.74) is -0.916. The van der Waals surface area contributed by atoms with Gasteiger partial charge in [0.15, 0.2) is 0 Å². The molecule has 0 spiro atoms. The smallest absolute Gasteiger partial charge is 0.353 e. The van der Waals surface area contributed by atoms with E-state index in [1.807, 2.05) is 4.90 Å². The standard InChI is InChI=1S/C23H20F3N5O2/c24-23(25,26)18-6-2-1-5-17(18)22(33)31-13-11-30(12-14-31)20-9-8-16(15-28-20)21(32)29-19-7-3-4-10-27-19/h1-10,15H,11-14H2,(H,27,29,32). The van der Waals surface area contributed by atoms with Crippen LogP contribution in [-0.2, 0) is 6.18 Å². The van der Waals surface area contributed by atoms with Gasteiger partial charge >= 0.3 is 6.18 Å². The van der Waals surface area contributed by atoms with Crippen molar-refractivity contribution in [2.45, 2.75) is 6.18 Å². The first-order chi connectivity index (χ1) is 15.8. The normalized spacial score (nSPS) is 14.2. The predicted octanol–water partition coefficient (Wildman–Crippen LogP) is 3.71. The van der Waals surface area contributed by atoms with Crippen molar-refractivity contribution in [1.82, 2.24) is 14.9 Å². The summed E-state index contributed by atoms with van der Waals surface area (Å²) in [6.45, 7) is 1.34. The Hall–Kier alpha value is -3.95. The third-order valence-corrected chi connectivity index (χ3v) is 5.27. The minimum absolute atomic E-state index is 0.259. The maximum Gasteiger partial charge on any atom is 0.417 e. The number of aromatic nitrogens is 2. The minimum atomic E-state index is -4.59. The van der Waals surface area contributed by atoms with Crippen molar-refractivity contribution in [1.29, 1.82) is 0 Å². The van der Waals surface area contributed by atoms with E-state index in [0.29, 0.717) is 30.3 Å². The Bertz CT molecular complexity index is 1130. The SMILES string of the molecule is O=C(Nc1ccccn1)c1ccc(N2CCN(C(=O)c3ccccc3C(F)(F)F)CC2)nc1. The molecule has 0 unspecified atom stereocenters. The van der Waals surface area contributed by atoms with Crippen molar-refractivity contribution < 1.29 is 22.8 Å². The van der Waals surface area contributed by atoms with Crippen LogP contribution in [0.15, 0.2) is 67.0 Å². The molecule has 0 bridgehead atoms. The number of carbonyl (C=O) groups excluding carboxylic acids is 2. The highest BCUT2D eigenvalue weighted by Crippen LogP contribution is 2.32. The average Bonchev–Trinajstić information content (AvgIpc) is 2.84. The zero-order valence-electron chi connectivity index (χ0n) is 17.4. The fourth-order valence-corrected chi connectivity index (χ4v) is 3.56. The number of amides is 2. The monoisotopic (exact) mass is 455 g/mol. The topological polar surface area (TPSA) is 78.4 Å². The highest BCUT2D eigenvalue weighted by Gasteiger charge is 2.36. The summed E-state index contributed by atoms with van der Waals surface area (Å²) < 4.78 is 39.8. The fourth-order valence-electron chi connectivity index (χ4n) is 3.56. The second-order valence-corrected chi connectivity index (χ2v) is 7.40. The Labute approximate surface area is 187 Å². The van der Waals surface area contributed by atoms with E-state index in [-0.39, 0.29) is 24.6 Å². The summed E-state index contributed by atoms with van der Waals surface area (Å²) in [5.74, 6) is 0.0650. The Morgan fingerprint density at radius 2 is 1.61 bits per heavy atom. The first-order valence-electron chi connectivity index (χ1n) is 10.2. The number of piperazine rings is 1. The molecule has 1 saturated heterocycles. The fraction of sp³-hybridized carbons (Fsp3) is 0.217. The molecular formula is C23H20F3N5O2. The van der Waals surface area contributed by atoms with E-state index < -0.39 is 17.6 Å². The lowest BCUT2D eigenvalue weighted by atomic mass is 10.1. The van der Waals surface area contributed by atoms with Gasteiger partial charge in [0.25, 0.3) is 11.8 Å². The van der Waals surface area contributed by atoms with E-state index >= 15 is 0 Å². The van der Waals surface area contributed by atoms with Crippen LogP contribution in [0.5, 0.6) is 0 Å². The van der Waals surface area contributed by atoms with Gasteiger partial charge in [0.1, 0.15) is 11.6 Å². The molecular weight excluding hydrogens is 435 g/mol. The van der Waals surface area contributed by atoms with Crippen molar-refractivity contribution in [3.05, 3.63) is 83.7 Å². The summed E-state index contributed by atoms with van der Waals surface area (Å²) in [6, 6.07) is 13.3. The van der Waals surface area contributed by atoms with Crippen LogP contribution >= 0.6 is 0 Å². The summed E-state index contributed by atoms with van der Waals surface area (Å²) in [5, 5.41) is 2.68. The number of carbonyl (C=O) groups is 2. The molecule has 2 amide bonds. The van der Waals surface area contributed by atoms with Gasteiger partial charge in [0.2, 0.25) is 0 Å². The van der Waals surface area contributed by atoms with Gasteiger partial charge in [-0.25, -0.2) is 9.97 Å². The van der Waals surface area contributed by atoms with Gasteiger partial charge in [-0.05, 0) is 36.4 Å². The molecule has 170 valence electrons. The van der Waals surface area contributed by atoms with Crippen molar-refractivity contribution >= 4 is 23.5 Å². The number of benzene rings is 1. The minimum Gasteiger partial charge on any atom is -0.353 e. The average molecular weight is 455 g/mol. The number of hydrogen-bond acceptors (Lipinski definition) is 5. The zero-order valence-corrected chi connectivity index (χ0v) is 17.4. The number of halogens is 3. The number of rotatable bonds is 4. The molecule has 7 nitrogen and oxygen atoms in total. The molecule has 10 heteroatoms. The molecule has 0 radical (unpaired) electrons. The molecule has 1 N–H and O–H groups in total. The summed E-state index contributed by atoms with van der Waals surface area (Å²) in [7, 11) is 0. The number of nitrogens with zero attached hydrogens (tertiary/aromatic N) is 4. The molecule has 1 fully saturated rings. The molecule has 1 aliphatic rings. The third-order valence-electron chi connectivity index (χ3n) is 5.27. The van der Waals surface area contributed by atoms with Crippen LogP contribution in [0.2, 0.25) is 0 Å². The molecule has 3 heterocycles. The maximum atomic E-state index is 13.3. The number of pyridine rings is 2. The first-order valence-corrected chi connectivity index (χ1v) is 10.2. The maximum absolute atomic E-state index is 13.3. The lowest BCUT2D eigenvalue weighted by Gasteiger charge is -2.35. The predicted molar refractivity (Wildman–Crippen MR) is 116 cm³/mol. The summed E-state index contributed by atoms with van der Waals surface area (Å²) >= 11 is 0. The second-order valence-electron chi connectivity index (χ2n) is 7.40. The molecule has 33 heavy (non-hydrogen) atoms. The van der Waals surface area contributed by atoms with E-state index in [2.05, 4.69) is 15.3 Å².